The molecule has 0 saturated heterocycles. The summed E-state index contributed by atoms with van der Waals surface area (Å²) >= 11 is 1.42. The molecule has 7 heteroatoms. The number of carbonyl (C=O) groups is 2. The summed E-state index contributed by atoms with van der Waals surface area (Å²) in [7, 11) is 0. The van der Waals surface area contributed by atoms with Gasteiger partial charge in [0.25, 0.3) is 0 Å². The molecule has 0 atom stereocenters. The van der Waals surface area contributed by atoms with Crippen molar-refractivity contribution in [1.82, 2.24) is 5.32 Å². The van der Waals surface area contributed by atoms with Crippen LogP contribution in [0.5, 0.6) is 0 Å². The number of hydrogen-bond donors (Lipinski definition) is 4. The van der Waals surface area contributed by atoms with Crippen molar-refractivity contribution < 1.29 is 19.8 Å². The molecule has 1 aliphatic heterocycles. The summed E-state index contributed by atoms with van der Waals surface area (Å²) in [5.41, 5.74) is 8.07. The molecule has 0 aliphatic carbocycles. The lowest BCUT2D eigenvalue weighted by molar-refractivity contribution is -0.133. The molecule has 24 heavy (non-hydrogen) atoms. The fourth-order valence-electron chi connectivity index (χ4n) is 3.16. The lowest BCUT2D eigenvalue weighted by atomic mass is 9.80. The molecule has 6 nitrogen and oxygen atoms in total. The molecule has 5 N–H and O–H groups in total. The molecule has 0 saturated carbocycles. The first kappa shape index (κ1) is 16.1. The summed E-state index contributed by atoms with van der Waals surface area (Å²) in [6.45, 7) is 3.29. The zero-order valence-corrected chi connectivity index (χ0v) is 13.9. The number of nitrogen functional groups attached to an aromatic ring is 1. The van der Waals surface area contributed by atoms with Gasteiger partial charge in [-0.25, -0.2) is 9.59 Å². The van der Waals surface area contributed by atoms with E-state index in [9.17, 15) is 19.8 Å². The molecule has 0 fully saturated rings. The lowest BCUT2D eigenvalue weighted by Gasteiger charge is -2.28. The van der Waals surface area contributed by atoms with Crippen molar-refractivity contribution in [2.75, 3.05) is 5.73 Å². The normalized spacial score (nSPS) is 15.8. The summed E-state index contributed by atoms with van der Waals surface area (Å²) in [6, 6.07) is 5.34. The predicted octanol–water partition coefficient (Wildman–Crippen LogP) is 2.89. The SMILES string of the molecule is CC1=C(C(=O)O)C(c2csc3cc(N)ccc23)C(C(=O)O)=C(C)N1. The molecule has 124 valence electrons. The van der Waals surface area contributed by atoms with Gasteiger partial charge in [-0.2, -0.15) is 0 Å². The number of rotatable bonds is 3. The van der Waals surface area contributed by atoms with Crippen LogP contribution >= 0.6 is 11.3 Å². The molecule has 1 aliphatic rings. The second-order valence-electron chi connectivity index (χ2n) is 5.69. The Labute approximate surface area is 141 Å². The number of dihydropyridines is 1. The molecule has 1 aromatic carbocycles. The van der Waals surface area contributed by atoms with Gasteiger partial charge in [-0.1, -0.05) is 6.07 Å². The van der Waals surface area contributed by atoms with Crippen LogP contribution in [0.15, 0.2) is 46.1 Å². The molecule has 2 heterocycles. The molecule has 0 radical (unpaired) electrons. The van der Waals surface area contributed by atoms with Gasteiger partial charge in [0.15, 0.2) is 0 Å². The summed E-state index contributed by atoms with van der Waals surface area (Å²) in [4.78, 5) is 23.6. The fraction of sp³-hybridized carbons (Fsp3) is 0.176. The van der Waals surface area contributed by atoms with Crippen LogP contribution in [0.1, 0.15) is 25.3 Å². The first-order valence-electron chi connectivity index (χ1n) is 7.23. The minimum absolute atomic E-state index is 0.0505. The number of carboxylic acid groups (broad SMARTS) is 2. The Morgan fingerprint density at radius 2 is 1.71 bits per heavy atom. The van der Waals surface area contributed by atoms with Gasteiger partial charge in [-0.3, -0.25) is 0 Å². The number of carboxylic acids is 2. The maximum Gasteiger partial charge on any atom is 0.334 e. The average Bonchev–Trinajstić information content (AvgIpc) is 2.87. The quantitative estimate of drug-likeness (QED) is 0.637. The number of thiophene rings is 1. The van der Waals surface area contributed by atoms with E-state index in [1.54, 1.807) is 26.0 Å². The van der Waals surface area contributed by atoms with Gasteiger partial charge in [0.2, 0.25) is 0 Å². The van der Waals surface area contributed by atoms with E-state index < -0.39 is 17.9 Å². The highest BCUT2D eigenvalue weighted by atomic mass is 32.1. The standard InChI is InChI=1S/C17H16N2O4S/c1-7-13(16(20)21)15(14(17(22)23)8(2)19-7)11-6-24-12-5-9(18)3-4-10(11)12/h3-6,15,19H,18H2,1-2H3,(H,20,21)(H,22,23). The number of nitrogens with one attached hydrogen (secondary N) is 1. The number of fused-ring (bicyclic) bond motifs is 1. The Morgan fingerprint density at radius 1 is 1.12 bits per heavy atom. The van der Waals surface area contributed by atoms with E-state index in [1.807, 2.05) is 11.4 Å². The predicted molar refractivity (Wildman–Crippen MR) is 92.8 cm³/mol. The molecule has 3 rings (SSSR count). The van der Waals surface area contributed by atoms with E-state index >= 15 is 0 Å². The molecule has 2 aromatic rings. The van der Waals surface area contributed by atoms with Crippen LogP contribution in [-0.4, -0.2) is 22.2 Å². The lowest BCUT2D eigenvalue weighted by Crippen LogP contribution is -2.30. The van der Waals surface area contributed by atoms with Crippen LogP contribution < -0.4 is 11.1 Å². The van der Waals surface area contributed by atoms with Crippen LogP contribution in [0.4, 0.5) is 5.69 Å². The van der Waals surface area contributed by atoms with Crippen LogP contribution in [0.2, 0.25) is 0 Å². The largest absolute Gasteiger partial charge is 0.478 e. The minimum Gasteiger partial charge on any atom is -0.478 e. The van der Waals surface area contributed by atoms with Gasteiger partial charge in [0.1, 0.15) is 0 Å². The van der Waals surface area contributed by atoms with E-state index in [0.29, 0.717) is 22.6 Å². The van der Waals surface area contributed by atoms with E-state index in [-0.39, 0.29) is 11.1 Å². The number of hydrogen-bond acceptors (Lipinski definition) is 5. The van der Waals surface area contributed by atoms with Gasteiger partial charge in [0, 0.05) is 21.8 Å². The van der Waals surface area contributed by atoms with Gasteiger partial charge in [0.05, 0.1) is 17.1 Å². The molecule has 0 bridgehead atoms. The van der Waals surface area contributed by atoms with Gasteiger partial charge >= 0.3 is 11.9 Å². The third-order valence-electron chi connectivity index (χ3n) is 4.16. The molecule has 0 amide bonds. The zero-order valence-electron chi connectivity index (χ0n) is 13.1. The minimum atomic E-state index is -1.13. The fourth-order valence-corrected chi connectivity index (χ4v) is 4.19. The first-order chi connectivity index (χ1) is 11.3. The highest BCUT2D eigenvalue weighted by Crippen LogP contribution is 2.43. The molecular weight excluding hydrogens is 328 g/mol. The molecular formula is C17H16N2O4S. The monoisotopic (exact) mass is 344 g/mol. The second-order valence-corrected chi connectivity index (χ2v) is 6.60. The molecule has 0 spiro atoms. The van der Waals surface area contributed by atoms with E-state index in [4.69, 9.17) is 5.73 Å². The van der Waals surface area contributed by atoms with Crippen LogP contribution in [-0.2, 0) is 9.59 Å². The summed E-state index contributed by atoms with van der Waals surface area (Å²) in [5.74, 6) is -3.10. The van der Waals surface area contributed by atoms with Crippen molar-refractivity contribution in [1.29, 1.82) is 0 Å². The Kier molecular flexibility index (Phi) is 3.81. The highest BCUT2D eigenvalue weighted by Gasteiger charge is 2.37. The number of aliphatic carboxylic acids is 2. The van der Waals surface area contributed by atoms with Crippen LogP contribution in [0, 0.1) is 0 Å². The highest BCUT2D eigenvalue weighted by molar-refractivity contribution is 7.17. The van der Waals surface area contributed by atoms with E-state index in [0.717, 1.165) is 10.1 Å². The Morgan fingerprint density at radius 3 is 2.25 bits per heavy atom. The summed E-state index contributed by atoms with van der Waals surface area (Å²) in [5, 5.41) is 24.8. The first-order valence-corrected chi connectivity index (χ1v) is 8.11. The zero-order chi connectivity index (χ0) is 17.6. The Bertz CT molecular complexity index is 903. The van der Waals surface area contributed by atoms with Crippen LogP contribution in [0.25, 0.3) is 10.1 Å². The van der Waals surface area contributed by atoms with E-state index in [1.165, 1.54) is 11.3 Å². The smallest absolute Gasteiger partial charge is 0.334 e. The molecule has 0 unspecified atom stereocenters. The number of allylic oxidation sites excluding steroid dienone is 2. The Balaban J connectivity index is 2.31. The van der Waals surface area contributed by atoms with Crippen molar-refractivity contribution in [2.45, 2.75) is 19.8 Å². The van der Waals surface area contributed by atoms with Crippen molar-refractivity contribution in [2.24, 2.45) is 0 Å². The third-order valence-corrected chi connectivity index (χ3v) is 5.13. The number of anilines is 1. The van der Waals surface area contributed by atoms with E-state index in [2.05, 4.69) is 5.32 Å². The maximum atomic E-state index is 11.8. The second kappa shape index (κ2) is 5.68. The third kappa shape index (κ3) is 2.43. The number of nitrogens with two attached hydrogens (primary N) is 1. The van der Waals surface area contributed by atoms with Gasteiger partial charge in [-0.05, 0) is 42.3 Å². The topological polar surface area (TPSA) is 113 Å². The van der Waals surface area contributed by atoms with Gasteiger partial charge in [-0.15, -0.1) is 11.3 Å². The summed E-state index contributed by atoms with van der Waals surface area (Å²) < 4.78 is 0.897. The summed E-state index contributed by atoms with van der Waals surface area (Å²) in [6.07, 6.45) is 0. The maximum absolute atomic E-state index is 11.8. The average molecular weight is 344 g/mol. The van der Waals surface area contributed by atoms with Crippen LogP contribution in [0.3, 0.4) is 0 Å². The molecule has 1 aromatic heterocycles. The van der Waals surface area contributed by atoms with Crippen molar-refractivity contribution in [3.05, 3.63) is 51.7 Å². The van der Waals surface area contributed by atoms with Crippen molar-refractivity contribution in [3.8, 4) is 0 Å². The Hall–Kier alpha value is -2.80. The van der Waals surface area contributed by atoms with Crippen molar-refractivity contribution >= 4 is 39.0 Å². The number of benzene rings is 1. The van der Waals surface area contributed by atoms with Crippen molar-refractivity contribution in [3.63, 3.8) is 0 Å². The van der Waals surface area contributed by atoms with Gasteiger partial charge < -0.3 is 21.3 Å².